The van der Waals surface area contributed by atoms with Crippen LogP contribution >= 0.6 is 0 Å². The number of ether oxygens (including phenoxy) is 1. The van der Waals surface area contributed by atoms with Crippen LogP contribution in [0, 0.1) is 0 Å². The molecule has 0 bridgehead atoms. The lowest BCUT2D eigenvalue weighted by atomic mass is 10.1. The molecule has 0 saturated carbocycles. The van der Waals surface area contributed by atoms with E-state index in [4.69, 9.17) is 4.74 Å². The van der Waals surface area contributed by atoms with Gasteiger partial charge in [0, 0.05) is 0 Å². The predicted octanol–water partition coefficient (Wildman–Crippen LogP) is 2.50. The number of hydrogen-bond acceptors (Lipinski definition) is 2. The Morgan fingerprint density at radius 2 is 2.00 bits per heavy atom. The molecule has 3 unspecified atom stereocenters. The van der Waals surface area contributed by atoms with Gasteiger partial charge in [0.05, 0.1) is 18.3 Å². The number of rotatable bonds is 7. The zero-order valence-corrected chi connectivity index (χ0v) is 8.83. The van der Waals surface area contributed by atoms with Gasteiger partial charge in [0.1, 0.15) is 0 Å². The fourth-order valence-electron chi connectivity index (χ4n) is 1.72. The minimum absolute atomic E-state index is 0.0814. The van der Waals surface area contributed by atoms with Crippen LogP contribution in [-0.2, 0) is 4.74 Å². The molecule has 1 N–H and O–H groups in total. The minimum Gasteiger partial charge on any atom is -0.393 e. The fraction of sp³-hybridized carbons (Fsp3) is 1.00. The number of aliphatic hydroxyl groups is 1. The molecule has 0 amide bonds. The van der Waals surface area contributed by atoms with E-state index in [1.54, 1.807) is 0 Å². The standard InChI is InChI=1S/C11H22O2/c1-3-9(12)7-5-6-8-11-10(4-2)13-11/h9-12H,3-8H2,1-2H3. The summed E-state index contributed by atoms with van der Waals surface area (Å²) in [5.41, 5.74) is 0. The maximum atomic E-state index is 9.31. The molecule has 1 saturated heterocycles. The van der Waals surface area contributed by atoms with Gasteiger partial charge in [-0.3, -0.25) is 0 Å². The van der Waals surface area contributed by atoms with Crippen molar-refractivity contribution in [1.29, 1.82) is 0 Å². The second-order valence-electron chi connectivity index (χ2n) is 3.97. The molecule has 1 aliphatic rings. The van der Waals surface area contributed by atoms with Crippen molar-refractivity contribution in [2.75, 3.05) is 0 Å². The fourth-order valence-corrected chi connectivity index (χ4v) is 1.72. The molecule has 1 fully saturated rings. The quantitative estimate of drug-likeness (QED) is 0.489. The molecule has 0 radical (unpaired) electrons. The Morgan fingerprint density at radius 1 is 1.23 bits per heavy atom. The summed E-state index contributed by atoms with van der Waals surface area (Å²) >= 11 is 0. The van der Waals surface area contributed by atoms with Crippen LogP contribution in [-0.4, -0.2) is 23.4 Å². The normalized spacial score (nSPS) is 28.8. The maximum absolute atomic E-state index is 9.31. The van der Waals surface area contributed by atoms with Gasteiger partial charge in [0.2, 0.25) is 0 Å². The highest BCUT2D eigenvalue weighted by atomic mass is 16.6. The zero-order chi connectivity index (χ0) is 9.68. The average Bonchev–Trinajstić information content (AvgIpc) is 2.90. The van der Waals surface area contributed by atoms with Gasteiger partial charge in [-0.2, -0.15) is 0 Å². The summed E-state index contributed by atoms with van der Waals surface area (Å²) in [6.45, 7) is 4.20. The zero-order valence-electron chi connectivity index (χ0n) is 8.83. The van der Waals surface area contributed by atoms with E-state index in [-0.39, 0.29) is 6.10 Å². The number of aliphatic hydroxyl groups excluding tert-OH is 1. The van der Waals surface area contributed by atoms with Gasteiger partial charge in [0.25, 0.3) is 0 Å². The van der Waals surface area contributed by atoms with Crippen LogP contribution < -0.4 is 0 Å². The first-order valence-corrected chi connectivity index (χ1v) is 5.61. The highest BCUT2D eigenvalue weighted by Crippen LogP contribution is 2.29. The number of epoxide rings is 1. The minimum atomic E-state index is -0.0814. The molecule has 3 atom stereocenters. The summed E-state index contributed by atoms with van der Waals surface area (Å²) in [5, 5.41) is 9.31. The van der Waals surface area contributed by atoms with Crippen molar-refractivity contribution < 1.29 is 9.84 Å². The van der Waals surface area contributed by atoms with Gasteiger partial charge in [-0.15, -0.1) is 0 Å². The highest BCUT2D eigenvalue weighted by Gasteiger charge is 2.35. The molecule has 0 aromatic carbocycles. The topological polar surface area (TPSA) is 32.8 Å². The molecule has 0 spiro atoms. The lowest BCUT2D eigenvalue weighted by Crippen LogP contribution is -2.03. The van der Waals surface area contributed by atoms with Gasteiger partial charge in [-0.25, -0.2) is 0 Å². The van der Waals surface area contributed by atoms with E-state index in [0.29, 0.717) is 12.2 Å². The molecular formula is C11H22O2. The molecule has 0 aromatic heterocycles. The van der Waals surface area contributed by atoms with Gasteiger partial charge >= 0.3 is 0 Å². The Kier molecular flexibility index (Phi) is 4.74. The summed E-state index contributed by atoms with van der Waals surface area (Å²) in [6, 6.07) is 0. The Bertz CT molecular complexity index is 136. The third kappa shape index (κ3) is 4.10. The van der Waals surface area contributed by atoms with Crippen LogP contribution in [0.1, 0.15) is 52.4 Å². The average molecular weight is 186 g/mol. The molecule has 13 heavy (non-hydrogen) atoms. The van der Waals surface area contributed by atoms with Crippen molar-refractivity contribution in [2.45, 2.75) is 70.7 Å². The summed E-state index contributed by atoms with van der Waals surface area (Å²) in [6.07, 6.45) is 7.56. The Morgan fingerprint density at radius 3 is 2.54 bits per heavy atom. The monoisotopic (exact) mass is 186 g/mol. The highest BCUT2D eigenvalue weighted by molar-refractivity contribution is 4.82. The SMILES string of the molecule is CCC(O)CCCCC1OC1CC. The molecule has 0 aliphatic carbocycles. The Hall–Kier alpha value is -0.0800. The molecule has 1 heterocycles. The van der Waals surface area contributed by atoms with Crippen molar-refractivity contribution in [3.05, 3.63) is 0 Å². The van der Waals surface area contributed by atoms with Gasteiger partial charge in [-0.1, -0.05) is 26.7 Å². The van der Waals surface area contributed by atoms with Crippen LogP contribution in [0.3, 0.4) is 0 Å². The maximum Gasteiger partial charge on any atom is 0.0841 e. The van der Waals surface area contributed by atoms with Gasteiger partial charge < -0.3 is 9.84 Å². The molecular weight excluding hydrogens is 164 g/mol. The smallest absolute Gasteiger partial charge is 0.0841 e. The molecule has 2 nitrogen and oxygen atoms in total. The molecule has 1 aliphatic heterocycles. The predicted molar refractivity (Wildman–Crippen MR) is 53.7 cm³/mol. The Labute approximate surface area is 81.3 Å². The van der Waals surface area contributed by atoms with Crippen molar-refractivity contribution >= 4 is 0 Å². The summed E-state index contributed by atoms with van der Waals surface area (Å²) in [4.78, 5) is 0. The lowest BCUT2D eigenvalue weighted by Gasteiger charge is -2.05. The van der Waals surface area contributed by atoms with Crippen LogP contribution in [0.4, 0.5) is 0 Å². The van der Waals surface area contributed by atoms with E-state index >= 15 is 0 Å². The summed E-state index contributed by atoms with van der Waals surface area (Å²) in [5.74, 6) is 0. The van der Waals surface area contributed by atoms with Crippen molar-refractivity contribution in [3.8, 4) is 0 Å². The van der Waals surface area contributed by atoms with E-state index < -0.39 is 0 Å². The van der Waals surface area contributed by atoms with Gasteiger partial charge in [-0.05, 0) is 25.7 Å². The van der Waals surface area contributed by atoms with Crippen LogP contribution in [0.2, 0.25) is 0 Å². The lowest BCUT2D eigenvalue weighted by molar-refractivity contribution is 0.156. The van der Waals surface area contributed by atoms with E-state index in [0.717, 1.165) is 25.7 Å². The van der Waals surface area contributed by atoms with Crippen molar-refractivity contribution in [1.82, 2.24) is 0 Å². The van der Waals surface area contributed by atoms with Crippen LogP contribution in [0.5, 0.6) is 0 Å². The first-order chi connectivity index (χ1) is 6.27. The summed E-state index contributed by atoms with van der Waals surface area (Å²) < 4.78 is 5.44. The third-order valence-corrected chi connectivity index (χ3v) is 2.84. The van der Waals surface area contributed by atoms with Crippen LogP contribution in [0.25, 0.3) is 0 Å². The Balaban J connectivity index is 1.85. The largest absolute Gasteiger partial charge is 0.393 e. The van der Waals surface area contributed by atoms with Gasteiger partial charge in [0.15, 0.2) is 0 Å². The van der Waals surface area contributed by atoms with Crippen molar-refractivity contribution in [3.63, 3.8) is 0 Å². The second kappa shape index (κ2) is 5.61. The molecule has 0 aromatic rings. The van der Waals surface area contributed by atoms with Crippen LogP contribution in [0.15, 0.2) is 0 Å². The molecule has 78 valence electrons. The van der Waals surface area contributed by atoms with E-state index in [9.17, 15) is 5.11 Å². The molecule has 2 heteroatoms. The van der Waals surface area contributed by atoms with Crippen molar-refractivity contribution in [2.24, 2.45) is 0 Å². The van der Waals surface area contributed by atoms with E-state index in [2.05, 4.69) is 6.92 Å². The first-order valence-electron chi connectivity index (χ1n) is 5.61. The number of hydrogen-bond donors (Lipinski definition) is 1. The first kappa shape index (κ1) is 11.0. The van der Waals surface area contributed by atoms with E-state index in [1.807, 2.05) is 6.92 Å². The third-order valence-electron chi connectivity index (χ3n) is 2.84. The van der Waals surface area contributed by atoms with E-state index in [1.165, 1.54) is 12.8 Å². The number of unbranched alkanes of at least 4 members (excludes halogenated alkanes) is 1. The molecule has 1 rings (SSSR count). The summed E-state index contributed by atoms with van der Waals surface area (Å²) in [7, 11) is 0. The second-order valence-corrected chi connectivity index (χ2v) is 3.97.